The van der Waals surface area contributed by atoms with Crippen LogP contribution in [-0.2, 0) is 19.1 Å². The van der Waals surface area contributed by atoms with E-state index in [1.54, 1.807) is 19.3 Å². The van der Waals surface area contributed by atoms with Gasteiger partial charge in [-0.1, -0.05) is 29.5 Å². The maximum Gasteiger partial charge on any atom is 0.416 e. The number of alkyl halides is 3. The molecule has 0 bridgehead atoms. The van der Waals surface area contributed by atoms with Gasteiger partial charge in [-0.25, -0.2) is 4.98 Å². The zero-order chi connectivity index (χ0) is 25.5. The fraction of sp³-hybridized carbons (Fsp3) is 0.231. The number of hydrogen-bond acceptors (Lipinski definition) is 5. The van der Waals surface area contributed by atoms with E-state index in [1.165, 1.54) is 34.9 Å². The molecule has 0 aliphatic carbocycles. The molecule has 2 aromatic carbocycles. The predicted octanol–water partition coefficient (Wildman–Crippen LogP) is 5.75. The van der Waals surface area contributed by atoms with Crippen molar-refractivity contribution in [2.24, 2.45) is 0 Å². The Bertz CT molecular complexity index is 1290. The van der Waals surface area contributed by atoms with Gasteiger partial charge in [0.1, 0.15) is 6.26 Å². The molecular formula is C26H24F3N5O2. The van der Waals surface area contributed by atoms with Crippen LogP contribution in [0.15, 0.2) is 71.6 Å². The van der Waals surface area contributed by atoms with Gasteiger partial charge in [-0.2, -0.15) is 13.2 Å². The maximum absolute atomic E-state index is 12.8. The Morgan fingerprint density at radius 1 is 1.06 bits per heavy atom. The van der Waals surface area contributed by atoms with E-state index in [0.29, 0.717) is 5.56 Å². The van der Waals surface area contributed by atoms with Crippen molar-refractivity contribution in [3.63, 3.8) is 0 Å². The van der Waals surface area contributed by atoms with Crippen LogP contribution in [0.3, 0.4) is 0 Å². The summed E-state index contributed by atoms with van der Waals surface area (Å²) in [5.41, 5.74) is 1.85. The van der Waals surface area contributed by atoms with Crippen LogP contribution < -0.4 is 4.90 Å². The first kappa shape index (κ1) is 24.9. The lowest BCUT2D eigenvalue weighted by Gasteiger charge is -2.16. The second-order valence-corrected chi connectivity index (χ2v) is 8.18. The summed E-state index contributed by atoms with van der Waals surface area (Å²) in [6.07, 6.45) is 6.36. The first-order chi connectivity index (χ1) is 17.3. The topological polar surface area (TPSA) is 77.0 Å². The summed E-state index contributed by atoms with van der Waals surface area (Å²) in [4.78, 5) is 18.5. The molecule has 0 saturated carbocycles. The maximum atomic E-state index is 12.8. The number of hydrogen-bond donors (Lipinski definition) is 0. The van der Waals surface area contributed by atoms with Gasteiger partial charge in [0.05, 0.1) is 11.8 Å². The van der Waals surface area contributed by atoms with Gasteiger partial charge in [0.25, 0.3) is 5.91 Å². The van der Waals surface area contributed by atoms with Crippen molar-refractivity contribution in [3.05, 3.63) is 95.5 Å². The molecule has 186 valence electrons. The Balaban J connectivity index is 1.30. The number of benzene rings is 2. The third-order valence-corrected chi connectivity index (χ3v) is 5.60. The number of anilines is 1. The number of rotatable bonds is 9. The van der Waals surface area contributed by atoms with Crippen LogP contribution in [0.2, 0.25) is 0 Å². The number of halogens is 3. The first-order valence-electron chi connectivity index (χ1n) is 11.3. The molecule has 0 aliphatic rings. The molecule has 0 unspecified atom stereocenters. The highest BCUT2D eigenvalue weighted by Crippen LogP contribution is 2.29. The molecule has 0 spiro atoms. The van der Waals surface area contributed by atoms with Crippen molar-refractivity contribution in [2.75, 3.05) is 11.9 Å². The number of oxazole rings is 1. The molecule has 0 radical (unpaired) electrons. The van der Waals surface area contributed by atoms with Gasteiger partial charge >= 0.3 is 6.18 Å². The lowest BCUT2D eigenvalue weighted by atomic mass is 10.1. The number of aryl methyl sites for hydroxylation is 2. The van der Waals surface area contributed by atoms with Gasteiger partial charge in [0.15, 0.2) is 5.69 Å². The van der Waals surface area contributed by atoms with E-state index in [-0.39, 0.29) is 17.5 Å². The highest BCUT2D eigenvalue weighted by Gasteiger charge is 2.29. The van der Waals surface area contributed by atoms with Crippen LogP contribution in [0.1, 0.15) is 45.9 Å². The minimum absolute atomic E-state index is 0.127. The molecular weight excluding hydrogens is 471 g/mol. The first-order valence-corrected chi connectivity index (χ1v) is 11.3. The van der Waals surface area contributed by atoms with Gasteiger partial charge in [-0.15, -0.1) is 5.10 Å². The molecule has 4 rings (SSSR count). The minimum Gasteiger partial charge on any atom is -0.444 e. The SMILES string of the molecule is CN(C(=O)c1coc(/C=C/c2ccc(C(F)(F)F)cc2)n1)c1ccc(CCCCn2ccnn2)cc1. The Morgan fingerprint density at radius 2 is 1.81 bits per heavy atom. The summed E-state index contributed by atoms with van der Waals surface area (Å²) in [5.74, 6) is -0.165. The fourth-order valence-corrected chi connectivity index (χ4v) is 3.54. The van der Waals surface area contributed by atoms with Crippen molar-refractivity contribution < 1.29 is 22.4 Å². The highest BCUT2D eigenvalue weighted by molar-refractivity contribution is 6.04. The Hall–Kier alpha value is -4.21. The number of nitrogens with zero attached hydrogens (tertiary/aromatic N) is 5. The van der Waals surface area contributed by atoms with E-state index in [9.17, 15) is 18.0 Å². The van der Waals surface area contributed by atoms with Crippen LogP contribution in [0.4, 0.5) is 18.9 Å². The molecule has 0 saturated heterocycles. The van der Waals surface area contributed by atoms with Crippen molar-refractivity contribution in [1.82, 2.24) is 20.0 Å². The third kappa shape index (κ3) is 6.47. The quantitative estimate of drug-likeness (QED) is 0.276. The monoisotopic (exact) mass is 495 g/mol. The molecule has 7 nitrogen and oxygen atoms in total. The van der Waals surface area contributed by atoms with Crippen LogP contribution in [0.25, 0.3) is 12.2 Å². The molecule has 10 heteroatoms. The fourth-order valence-electron chi connectivity index (χ4n) is 3.54. The normalized spacial score (nSPS) is 11.8. The van der Waals surface area contributed by atoms with Crippen molar-refractivity contribution in [1.29, 1.82) is 0 Å². The van der Waals surface area contributed by atoms with Crippen molar-refractivity contribution >= 4 is 23.7 Å². The van der Waals surface area contributed by atoms with Gasteiger partial charge in [0, 0.05) is 31.6 Å². The van der Waals surface area contributed by atoms with E-state index in [0.717, 1.165) is 43.6 Å². The minimum atomic E-state index is -4.38. The Labute approximate surface area is 205 Å². The summed E-state index contributed by atoms with van der Waals surface area (Å²) in [7, 11) is 1.65. The average Bonchev–Trinajstić information content (AvgIpc) is 3.57. The molecule has 0 atom stereocenters. The lowest BCUT2D eigenvalue weighted by molar-refractivity contribution is -0.137. The number of amides is 1. The number of aromatic nitrogens is 4. The summed E-state index contributed by atoms with van der Waals surface area (Å²) >= 11 is 0. The average molecular weight is 496 g/mol. The summed E-state index contributed by atoms with van der Waals surface area (Å²) < 4.78 is 45.2. The standard InChI is InChI=1S/C26H24F3N5O2/c1-33(22-12-7-19(8-13-22)4-2-3-16-34-17-15-30-32-34)25(35)23-18-36-24(31-23)14-9-20-5-10-21(11-6-20)26(27,28)29/h5-15,17-18H,2-4,16H2,1H3/b14-9+. The molecule has 4 aromatic rings. The summed E-state index contributed by atoms with van der Waals surface area (Å²) in [5, 5.41) is 7.74. The largest absolute Gasteiger partial charge is 0.444 e. The molecule has 0 aliphatic heterocycles. The van der Waals surface area contributed by atoms with Crippen LogP contribution in [-0.4, -0.2) is 32.9 Å². The van der Waals surface area contributed by atoms with Gasteiger partial charge in [-0.3, -0.25) is 9.48 Å². The van der Waals surface area contributed by atoms with Gasteiger partial charge in [0.2, 0.25) is 5.89 Å². The van der Waals surface area contributed by atoms with E-state index in [1.807, 2.05) is 35.1 Å². The molecule has 36 heavy (non-hydrogen) atoms. The smallest absolute Gasteiger partial charge is 0.416 e. The van der Waals surface area contributed by atoms with E-state index in [2.05, 4.69) is 15.3 Å². The number of carbonyl (C=O) groups excluding carboxylic acids is 1. The molecule has 2 aromatic heterocycles. The molecule has 2 heterocycles. The number of carbonyl (C=O) groups is 1. The van der Waals surface area contributed by atoms with Gasteiger partial charge < -0.3 is 9.32 Å². The van der Waals surface area contributed by atoms with Crippen LogP contribution >= 0.6 is 0 Å². The Kier molecular flexibility index (Phi) is 7.62. The zero-order valence-corrected chi connectivity index (χ0v) is 19.5. The van der Waals surface area contributed by atoms with Crippen LogP contribution in [0, 0.1) is 0 Å². The predicted molar refractivity (Wildman–Crippen MR) is 129 cm³/mol. The number of unbranched alkanes of at least 4 members (excludes halogenated alkanes) is 1. The van der Waals surface area contributed by atoms with E-state index in [4.69, 9.17) is 4.42 Å². The molecule has 0 fully saturated rings. The lowest BCUT2D eigenvalue weighted by Crippen LogP contribution is -2.26. The van der Waals surface area contributed by atoms with E-state index >= 15 is 0 Å². The van der Waals surface area contributed by atoms with Gasteiger partial charge in [-0.05, 0) is 60.7 Å². The zero-order valence-electron chi connectivity index (χ0n) is 19.5. The second kappa shape index (κ2) is 11.0. The summed E-state index contributed by atoms with van der Waals surface area (Å²) in [6.45, 7) is 0.828. The van der Waals surface area contributed by atoms with Crippen LogP contribution in [0.5, 0.6) is 0 Å². The van der Waals surface area contributed by atoms with Crippen molar-refractivity contribution in [2.45, 2.75) is 32.0 Å². The second-order valence-electron chi connectivity index (χ2n) is 8.18. The van der Waals surface area contributed by atoms with Crippen molar-refractivity contribution in [3.8, 4) is 0 Å². The third-order valence-electron chi connectivity index (χ3n) is 5.60. The highest BCUT2D eigenvalue weighted by atomic mass is 19.4. The Morgan fingerprint density at radius 3 is 2.47 bits per heavy atom. The van der Waals surface area contributed by atoms with E-state index < -0.39 is 11.7 Å². The summed E-state index contributed by atoms with van der Waals surface area (Å²) in [6, 6.07) is 12.5. The molecule has 1 amide bonds. The molecule has 0 N–H and O–H groups in total.